The van der Waals surface area contributed by atoms with Crippen LogP contribution in [0.4, 0.5) is 0 Å². The van der Waals surface area contributed by atoms with Gasteiger partial charge in [0.25, 0.3) is 5.65 Å². The Labute approximate surface area is 135 Å². The minimum absolute atomic E-state index is 0. The highest BCUT2D eigenvalue weighted by atomic mass is 79.9. The van der Waals surface area contributed by atoms with Crippen LogP contribution in [0, 0.1) is 0 Å². The Hall–Kier alpha value is -1.46. The van der Waals surface area contributed by atoms with Crippen molar-refractivity contribution in [3.05, 3.63) is 64.9 Å². The highest BCUT2D eigenvalue weighted by Gasteiger charge is 2.13. The van der Waals surface area contributed by atoms with Gasteiger partial charge in [-0.1, -0.05) is 28.1 Å². The fraction of sp³-hybridized carbons (Fsp3) is 0.0667. The smallest absolute Gasteiger partial charge is 0.286 e. The number of ketones is 1. The van der Waals surface area contributed by atoms with E-state index < -0.39 is 0 Å². The molecule has 5 heteroatoms. The van der Waals surface area contributed by atoms with Gasteiger partial charge in [0.2, 0.25) is 5.78 Å². The third kappa shape index (κ3) is 2.99. The molecule has 3 nitrogen and oxygen atoms in total. The maximum atomic E-state index is 12.2. The van der Waals surface area contributed by atoms with Crippen LogP contribution in [0.3, 0.4) is 0 Å². The molecule has 3 aromatic rings. The molecule has 0 aliphatic carbocycles. The van der Waals surface area contributed by atoms with Crippen molar-refractivity contribution in [3.63, 3.8) is 0 Å². The summed E-state index contributed by atoms with van der Waals surface area (Å²) < 4.78 is 2.91. The maximum absolute atomic E-state index is 12.2. The summed E-state index contributed by atoms with van der Waals surface area (Å²) in [6.45, 7) is 0.333. The number of aromatic amines is 1. The minimum atomic E-state index is 0. The number of fused-ring (bicyclic) bond motifs is 1. The number of pyridine rings is 1. The Bertz CT molecular complexity index is 735. The molecule has 20 heavy (non-hydrogen) atoms. The molecule has 2 aromatic heterocycles. The number of hydrogen-bond acceptors (Lipinski definition) is 1. The third-order valence-electron chi connectivity index (χ3n) is 3.07. The zero-order valence-corrected chi connectivity index (χ0v) is 13.7. The summed E-state index contributed by atoms with van der Waals surface area (Å²) in [5, 5.41) is 1.10. The number of carbonyl (C=O) groups is 1. The van der Waals surface area contributed by atoms with Crippen LogP contribution in [0.1, 0.15) is 10.4 Å². The second kappa shape index (κ2) is 6.33. The van der Waals surface area contributed by atoms with Crippen LogP contribution in [0.15, 0.2) is 59.3 Å². The van der Waals surface area contributed by atoms with Gasteiger partial charge in [-0.25, -0.2) is 9.55 Å². The summed E-state index contributed by atoms with van der Waals surface area (Å²) in [4.78, 5) is 15.4. The van der Waals surface area contributed by atoms with E-state index in [1.54, 1.807) is 0 Å². The normalized spacial score (nSPS) is 10.2. The van der Waals surface area contributed by atoms with E-state index in [-0.39, 0.29) is 22.8 Å². The van der Waals surface area contributed by atoms with Gasteiger partial charge in [0.15, 0.2) is 6.54 Å². The molecule has 0 fully saturated rings. The minimum Gasteiger partial charge on any atom is -1.00 e. The topological polar surface area (TPSA) is 36.7 Å². The highest BCUT2D eigenvalue weighted by molar-refractivity contribution is 9.10. The largest absolute Gasteiger partial charge is 1.00 e. The zero-order valence-electron chi connectivity index (χ0n) is 10.5. The van der Waals surface area contributed by atoms with Crippen LogP contribution in [0.5, 0.6) is 0 Å². The van der Waals surface area contributed by atoms with Crippen LogP contribution in [-0.4, -0.2) is 10.8 Å². The Morgan fingerprint density at radius 2 is 1.90 bits per heavy atom. The number of halogens is 2. The average molecular weight is 396 g/mol. The lowest BCUT2D eigenvalue weighted by atomic mass is 10.1. The second-order valence-corrected chi connectivity index (χ2v) is 5.26. The summed E-state index contributed by atoms with van der Waals surface area (Å²) >= 11 is 3.37. The van der Waals surface area contributed by atoms with E-state index in [1.807, 2.05) is 59.4 Å². The van der Waals surface area contributed by atoms with Crippen molar-refractivity contribution < 1.29 is 26.3 Å². The molecule has 0 aliphatic heterocycles. The number of nitrogens with one attached hydrogen (secondary N) is 1. The van der Waals surface area contributed by atoms with Gasteiger partial charge in [0.1, 0.15) is 0 Å². The molecule has 0 amide bonds. The second-order valence-electron chi connectivity index (χ2n) is 4.35. The van der Waals surface area contributed by atoms with Gasteiger partial charge in [-0.3, -0.25) is 4.79 Å². The molecule has 0 atom stereocenters. The van der Waals surface area contributed by atoms with Crippen molar-refractivity contribution in [1.29, 1.82) is 0 Å². The lowest BCUT2D eigenvalue weighted by Gasteiger charge is -2.02. The zero-order chi connectivity index (χ0) is 13.2. The predicted octanol–water partition coefficient (Wildman–Crippen LogP) is 0.105. The highest BCUT2D eigenvalue weighted by Crippen LogP contribution is 2.11. The van der Waals surface area contributed by atoms with Crippen LogP contribution in [0.2, 0.25) is 0 Å². The van der Waals surface area contributed by atoms with Crippen molar-refractivity contribution in [2.24, 2.45) is 0 Å². The van der Waals surface area contributed by atoms with Gasteiger partial charge in [-0.05, 0) is 30.3 Å². The van der Waals surface area contributed by atoms with Gasteiger partial charge in [0.05, 0.1) is 17.8 Å². The number of nitrogens with zero attached hydrogens (tertiary/aromatic N) is 1. The van der Waals surface area contributed by atoms with Crippen molar-refractivity contribution in [2.75, 3.05) is 0 Å². The number of Topliss-reactive ketones (excluding diaryl/α,β-unsaturated/α-hetero) is 1. The SMILES string of the molecule is O=C(C[n+]1cccc2cc[nH]c21)c1ccc(Br)cc1.[Br-]. The fourth-order valence-corrected chi connectivity index (χ4v) is 2.36. The first-order valence-electron chi connectivity index (χ1n) is 5.98. The van der Waals surface area contributed by atoms with E-state index in [4.69, 9.17) is 0 Å². The van der Waals surface area contributed by atoms with Gasteiger partial charge in [0, 0.05) is 10.0 Å². The van der Waals surface area contributed by atoms with Gasteiger partial charge in [-0.15, -0.1) is 0 Å². The number of benzene rings is 1. The van der Waals surface area contributed by atoms with Gasteiger partial charge < -0.3 is 17.0 Å². The molecule has 0 spiro atoms. The lowest BCUT2D eigenvalue weighted by molar-refractivity contribution is -0.658. The monoisotopic (exact) mass is 394 g/mol. The molecule has 0 saturated heterocycles. The number of aromatic nitrogens is 2. The van der Waals surface area contributed by atoms with Crippen molar-refractivity contribution >= 4 is 32.7 Å². The summed E-state index contributed by atoms with van der Waals surface area (Å²) in [6.07, 6.45) is 3.79. The van der Waals surface area contributed by atoms with Gasteiger partial charge >= 0.3 is 0 Å². The molecule has 0 bridgehead atoms. The summed E-state index contributed by atoms with van der Waals surface area (Å²) in [7, 11) is 0. The molecule has 102 valence electrons. The van der Waals surface area contributed by atoms with E-state index in [0.29, 0.717) is 6.54 Å². The molecule has 1 N–H and O–H groups in total. The molecule has 0 unspecified atom stereocenters. The number of H-pyrrole nitrogens is 1. The lowest BCUT2D eigenvalue weighted by Crippen LogP contribution is -3.00. The number of carbonyl (C=O) groups excluding carboxylic acids is 1. The predicted molar refractivity (Wildman–Crippen MR) is 77.0 cm³/mol. The van der Waals surface area contributed by atoms with E-state index >= 15 is 0 Å². The first-order chi connectivity index (χ1) is 9.24. The summed E-state index contributed by atoms with van der Waals surface area (Å²) in [6, 6.07) is 13.4. The fourth-order valence-electron chi connectivity index (χ4n) is 2.09. The first kappa shape index (κ1) is 14.9. The van der Waals surface area contributed by atoms with Gasteiger partial charge in [-0.2, -0.15) is 0 Å². The van der Waals surface area contributed by atoms with Crippen LogP contribution in [-0.2, 0) is 6.54 Å². The van der Waals surface area contributed by atoms with Crippen LogP contribution >= 0.6 is 15.9 Å². The van der Waals surface area contributed by atoms with Crippen LogP contribution < -0.4 is 21.5 Å². The van der Waals surface area contributed by atoms with E-state index in [1.165, 1.54) is 0 Å². The standard InChI is InChI=1S/C15H11BrN2O.BrH/c16-13-5-3-11(4-6-13)14(19)10-18-9-1-2-12-7-8-17-15(12)18;/h1-9H,10H2;1H. The molecule has 2 heterocycles. The van der Waals surface area contributed by atoms with Crippen molar-refractivity contribution in [2.45, 2.75) is 6.54 Å². The Morgan fingerprint density at radius 1 is 1.15 bits per heavy atom. The number of rotatable bonds is 3. The summed E-state index contributed by atoms with van der Waals surface area (Å²) in [5.41, 5.74) is 1.69. The number of hydrogen-bond donors (Lipinski definition) is 1. The third-order valence-corrected chi connectivity index (χ3v) is 3.59. The van der Waals surface area contributed by atoms with E-state index in [9.17, 15) is 4.79 Å². The van der Waals surface area contributed by atoms with E-state index in [0.717, 1.165) is 21.1 Å². The summed E-state index contributed by atoms with van der Waals surface area (Å²) in [5.74, 6) is 0.0969. The van der Waals surface area contributed by atoms with Crippen molar-refractivity contribution in [3.8, 4) is 0 Å². The molecular weight excluding hydrogens is 384 g/mol. The quantitative estimate of drug-likeness (QED) is 0.495. The Morgan fingerprint density at radius 3 is 2.65 bits per heavy atom. The Balaban J connectivity index is 0.00000147. The molecule has 0 aliphatic rings. The first-order valence-corrected chi connectivity index (χ1v) is 6.78. The van der Waals surface area contributed by atoms with E-state index in [2.05, 4.69) is 20.9 Å². The molecule has 0 radical (unpaired) electrons. The van der Waals surface area contributed by atoms with Crippen LogP contribution in [0.25, 0.3) is 11.0 Å². The molecule has 1 aromatic carbocycles. The average Bonchev–Trinajstić information content (AvgIpc) is 2.89. The Kier molecular flexibility index (Phi) is 4.73. The van der Waals surface area contributed by atoms with Crippen molar-refractivity contribution in [1.82, 2.24) is 4.98 Å². The molecule has 3 rings (SSSR count). The molecular formula is C15H12Br2N2O. The maximum Gasteiger partial charge on any atom is 0.286 e. The molecule has 0 saturated carbocycles.